The molecular weight excluding hydrogens is 182 g/mol. The van der Waals surface area contributed by atoms with Gasteiger partial charge in [-0.3, -0.25) is 4.21 Å². The standard InChI is InChI=1S/C10H23NOS/c1-5-7-8-13(12)9(3)10(6-2)11-4/h9-11H,5-8H2,1-4H3. The molecule has 3 atom stereocenters. The lowest BCUT2D eigenvalue weighted by molar-refractivity contribution is 0.529. The highest BCUT2D eigenvalue weighted by Crippen LogP contribution is 2.07. The van der Waals surface area contributed by atoms with Gasteiger partial charge in [0, 0.05) is 27.8 Å². The fraction of sp³-hybridized carbons (Fsp3) is 1.00. The third-order valence-corrected chi connectivity index (χ3v) is 4.34. The Balaban J connectivity index is 3.91. The second-order valence-electron chi connectivity index (χ2n) is 3.45. The predicted molar refractivity (Wildman–Crippen MR) is 60.5 cm³/mol. The van der Waals surface area contributed by atoms with Gasteiger partial charge in [-0.1, -0.05) is 20.3 Å². The maximum absolute atomic E-state index is 11.7. The van der Waals surface area contributed by atoms with Gasteiger partial charge in [-0.15, -0.1) is 0 Å². The van der Waals surface area contributed by atoms with Crippen molar-refractivity contribution in [3.63, 3.8) is 0 Å². The van der Waals surface area contributed by atoms with E-state index >= 15 is 0 Å². The molecule has 2 nitrogen and oxygen atoms in total. The van der Waals surface area contributed by atoms with Gasteiger partial charge in [-0.05, 0) is 26.8 Å². The van der Waals surface area contributed by atoms with E-state index in [-0.39, 0.29) is 5.25 Å². The number of rotatable bonds is 7. The highest BCUT2D eigenvalue weighted by atomic mass is 32.2. The average Bonchev–Trinajstić information content (AvgIpc) is 2.15. The SMILES string of the molecule is CCCCS(=O)C(C)C(CC)NC. The van der Waals surface area contributed by atoms with Crippen LogP contribution in [0.5, 0.6) is 0 Å². The van der Waals surface area contributed by atoms with Gasteiger partial charge in [-0.25, -0.2) is 0 Å². The van der Waals surface area contributed by atoms with Crippen LogP contribution in [0.25, 0.3) is 0 Å². The third kappa shape index (κ3) is 4.77. The molecule has 0 aromatic carbocycles. The van der Waals surface area contributed by atoms with E-state index in [4.69, 9.17) is 0 Å². The number of hydrogen-bond donors (Lipinski definition) is 1. The molecule has 0 aromatic heterocycles. The summed E-state index contributed by atoms with van der Waals surface area (Å²) in [5.41, 5.74) is 0. The van der Waals surface area contributed by atoms with Crippen molar-refractivity contribution in [3.8, 4) is 0 Å². The zero-order valence-corrected chi connectivity index (χ0v) is 10.1. The fourth-order valence-electron chi connectivity index (χ4n) is 1.43. The van der Waals surface area contributed by atoms with Crippen molar-refractivity contribution in [2.45, 2.75) is 51.3 Å². The molecule has 0 aliphatic heterocycles. The maximum atomic E-state index is 11.7. The van der Waals surface area contributed by atoms with Crippen molar-refractivity contribution >= 4 is 10.8 Å². The Hall–Kier alpha value is 0.110. The lowest BCUT2D eigenvalue weighted by Gasteiger charge is -2.21. The van der Waals surface area contributed by atoms with E-state index in [1.807, 2.05) is 7.05 Å². The van der Waals surface area contributed by atoms with E-state index in [2.05, 4.69) is 26.1 Å². The summed E-state index contributed by atoms with van der Waals surface area (Å²) < 4.78 is 11.7. The Bertz CT molecular complexity index is 146. The van der Waals surface area contributed by atoms with Crippen LogP contribution in [0.1, 0.15) is 40.0 Å². The van der Waals surface area contributed by atoms with E-state index in [1.165, 1.54) is 0 Å². The van der Waals surface area contributed by atoms with Crippen molar-refractivity contribution in [3.05, 3.63) is 0 Å². The first-order chi connectivity index (χ1) is 6.17. The number of nitrogens with one attached hydrogen (secondary N) is 1. The zero-order chi connectivity index (χ0) is 10.3. The normalized spacial score (nSPS) is 18.2. The lowest BCUT2D eigenvalue weighted by Crippen LogP contribution is -2.38. The third-order valence-electron chi connectivity index (χ3n) is 2.49. The van der Waals surface area contributed by atoms with Crippen molar-refractivity contribution in [2.24, 2.45) is 0 Å². The quantitative estimate of drug-likeness (QED) is 0.688. The summed E-state index contributed by atoms with van der Waals surface area (Å²) in [5.74, 6) is 0.857. The van der Waals surface area contributed by atoms with Crippen molar-refractivity contribution < 1.29 is 4.21 Å². The smallest absolute Gasteiger partial charge is 0.0472 e. The van der Waals surface area contributed by atoms with Gasteiger partial charge >= 0.3 is 0 Å². The molecule has 0 saturated heterocycles. The highest BCUT2D eigenvalue weighted by Gasteiger charge is 2.18. The van der Waals surface area contributed by atoms with Crippen LogP contribution in [0, 0.1) is 0 Å². The molecule has 0 heterocycles. The van der Waals surface area contributed by atoms with Gasteiger partial charge in [0.05, 0.1) is 0 Å². The molecule has 0 aliphatic carbocycles. The van der Waals surface area contributed by atoms with Crippen LogP contribution in [0.4, 0.5) is 0 Å². The van der Waals surface area contributed by atoms with Gasteiger partial charge in [0.2, 0.25) is 0 Å². The minimum Gasteiger partial charge on any atom is -0.316 e. The van der Waals surface area contributed by atoms with Crippen molar-refractivity contribution in [1.29, 1.82) is 0 Å². The molecule has 80 valence electrons. The maximum Gasteiger partial charge on any atom is 0.0472 e. The summed E-state index contributed by atoms with van der Waals surface area (Å²) in [6, 6.07) is 0.401. The summed E-state index contributed by atoms with van der Waals surface area (Å²) in [5, 5.41) is 3.49. The predicted octanol–water partition coefficient (Wildman–Crippen LogP) is 1.92. The number of unbranched alkanes of at least 4 members (excludes halogenated alkanes) is 1. The van der Waals surface area contributed by atoms with E-state index in [0.29, 0.717) is 6.04 Å². The van der Waals surface area contributed by atoms with Crippen LogP contribution >= 0.6 is 0 Å². The number of hydrogen-bond acceptors (Lipinski definition) is 2. The fourth-order valence-corrected chi connectivity index (χ4v) is 3.07. The van der Waals surface area contributed by atoms with Crippen molar-refractivity contribution in [2.75, 3.05) is 12.8 Å². The molecule has 0 aromatic rings. The Morgan fingerprint density at radius 3 is 2.38 bits per heavy atom. The largest absolute Gasteiger partial charge is 0.316 e. The topological polar surface area (TPSA) is 29.1 Å². The van der Waals surface area contributed by atoms with Gasteiger partial charge in [-0.2, -0.15) is 0 Å². The Morgan fingerprint density at radius 2 is 2.00 bits per heavy atom. The van der Waals surface area contributed by atoms with Crippen LogP contribution in [0.15, 0.2) is 0 Å². The molecular formula is C10H23NOS. The Labute approximate surface area is 84.9 Å². The van der Waals surface area contributed by atoms with E-state index < -0.39 is 10.8 Å². The van der Waals surface area contributed by atoms with Gasteiger partial charge in [0.15, 0.2) is 0 Å². The molecule has 0 bridgehead atoms. The minimum atomic E-state index is -0.657. The van der Waals surface area contributed by atoms with Gasteiger partial charge in [0.25, 0.3) is 0 Å². The first-order valence-electron chi connectivity index (χ1n) is 5.21. The Morgan fingerprint density at radius 1 is 1.38 bits per heavy atom. The summed E-state index contributed by atoms with van der Waals surface area (Å²) in [6.07, 6.45) is 3.27. The van der Waals surface area contributed by atoms with E-state index in [9.17, 15) is 4.21 Å². The Kier molecular flexibility index (Phi) is 7.57. The van der Waals surface area contributed by atoms with Crippen molar-refractivity contribution in [1.82, 2.24) is 5.32 Å². The monoisotopic (exact) mass is 205 g/mol. The molecule has 0 amide bonds. The molecule has 0 fully saturated rings. The average molecular weight is 205 g/mol. The van der Waals surface area contributed by atoms with Gasteiger partial charge < -0.3 is 5.32 Å². The highest BCUT2D eigenvalue weighted by molar-refractivity contribution is 7.85. The van der Waals surface area contributed by atoms with E-state index in [1.54, 1.807) is 0 Å². The molecule has 0 saturated carbocycles. The summed E-state index contributed by atoms with van der Waals surface area (Å²) in [7, 11) is 1.29. The van der Waals surface area contributed by atoms with E-state index in [0.717, 1.165) is 25.0 Å². The van der Waals surface area contributed by atoms with Crippen LogP contribution in [-0.2, 0) is 10.8 Å². The first kappa shape index (κ1) is 13.1. The molecule has 0 rings (SSSR count). The van der Waals surface area contributed by atoms with Crippen LogP contribution in [0.2, 0.25) is 0 Å². The molecule has 0 aliphatic rings. The summed E-state index contributed by atoms with van der Waals surface area (Å²) >= 11 is 0. The van der Waals surface area contributed by atoms with Gasteiger partial charge in [0.1, 0.15) is 0 Å². The van der Waals surface area contributed by atoms with Crippen LogP contribution in [-0.4, -0.2) is 28.3 Å². The summed E-state index contributed by atoms with van der Waals surface area (Å²) in [4.78, 5) is 0. The molecule has 0 spiro atoms. The van der Waals surface area contributed by atoms with Crippen LogP contribution in [0.3, 0.4) is 0 Å². The lowest BCUT2D eigenvalue weighted by atomic mass is 10.2. The molecule has 0 radical (unpaired) electrons. The molecule has 13 heavy (non-hydrogen) atoms. The molecule has 3 heteroatoms. The second-order valence-corrected chi connectivity index (χ2v) is 5.36. The second kappa shape index (κ2) is 7.51. The summed E-state index contributed by atoms with van der Waals surface area (Å²) in [6.45, 7) is 6.35. The zero-order valence-electron chi connectivity index (χ0n) is 9.30. The molecule has 3 unspecified atom stereocenters. The molecule has 1 N–H and O–H groups in total. The minimum absolute atomic E-state index is 0.279. The first-order valence-corrected chi connectivity index (χ1v) is 6.59. The van der Waals surface area contributed by atoms with Crippen LogP contribution < -0.4 is 5.32 Å².